The molecule has 2 aromatic carbocycles. The predicted octanol–water partition coefficient (Wildman–Crippen LogP) is 3.32. The molecule has 0 aliphatic carbocycles. The maximum Gasteiger partial charge on any atom is 0.287 e. The van der Waals surface area contributed by atoms with E-state index in [0.29, 0.717) is 42.1 Å². The predicted molar refractivity (Wildman–Crippen MR) is 128 cm³/mol. The summed E-state index contributed by atoms with van der Waals surface area (Å²) in [6.07, 6.45) is 2.28. The minimum atomic E-state index is -0.690. The van der Waals surface area contributed by atoms with Gasteiger partial charge in [-0.2, -0.15) is 0 Å². The summed E-state index contributed by atoms with van der Waals surface area (Å²) in [5.74, 6) is 0.643. The van der Waals surface area contributed by atoms with E-state index >= 15 is 0 Å². The van der Waals surface area contributed by atoms with Crippen LogP contribution in [-0.4, -0.2) is 55.5 Å². The molecule has 3 aromatic rings. The molecule has 0 spiro atoms. The summed E-state index contributed by atoms with van der Waals surface area (Å²) in [7, 11) is 3.16. The van der Waals surface area contributed by atoms with Gasteiger partial charge in [-0.15, -0.1) is 0 Å². The highest BCUT2D eigenvalue weighted by Gasteiger charge is 2.40. The second-order valence-corrected chi connectivity index (χ2v) is 8.50. The number of nitrogens with one attached hydrogen (secondary N) is 2. The number of anilines is 1. The van der Waals surface area contributed by atoms with Gasteiger partial charge >= 0.3 is 0 Å². The van der Waals surface area contributed by atoms with Crippen molar-refractivity contribution in [2.24, 2.45) is 0 Å². The van der Waals surface area contributed by atoms with Crippen LogP contribution in [0.15, 0.2) is 59.2 Å². The van der Waals surface area contributed by atoms with Crippen molar-refractivity contribution >= 4 is 23.4 Å². The number of nitrogens with zero attached hydrogens (tertiary/aromatic N) is 1. The molecule has 3 amide bonds. The first kappa shape index (κ1) is 22.5. The Morgan fingerprint density at radius 3 is 2.69 bits per heavy atom. The number of amides is 3. The van der Waals surface area contributed by atoms with Gasteiger partial charge in [0.25, 0.3) is 11.8 Å². The van der Waals surface area contributed by atoms with Crippen LogP contribution >= 0.6 is 0 Å². The molecule has 180 valence electrons. The Hall–Kier alpha value is -4.27. The Morgan fingerprint density at radius 2 is 1.94 bits per heavy atom. The first-order valence-corrected chi connectivity index (χ1v) is 11.3. The van der Waals surface area contributed by atoms with E-state index < -0.39 is 6.04 Å². The average Bonchev–Trinajstić information content (AvgIpc) is 3.40. The van der Waals surface area contributed by atoms with Crippen LogP contribution in [0.1, 0.15) is 33.8 Å². The summed E-state index contributed by atoms with van der Waals surface area (Å²) in [4.78, 5) is 40.6. The van der Waals surface area contributed by atoms with Crippen LogP contribution in [0.3, 0.4) is 0 Å². The molecule has 2 aliphatic heterocycles. The van der Waals surface area contributed by atoms with E-state index in [4.69, 9.17) is 13.9 Å². The van der Waals surface area contributed by atoms with Gasteiger partial charge < -0.3 is 29.4 Å². The lowest BCUT2D eigenvalue weighted by Crippen LogP contribution is -2.55. The van der Waals surface area contributed by atoms with Gasteiger partial charge in [-0.3, -0.25) is 14.4 Å². The van der Waals surface area contributed by atoms with Gasteiger partial charge in [-0.05, 0) is 54.8 Å². The molecule has 35 heavy (non-hydrogen) atoms. The summed E-state index contributed by atoms with van der Waals surface area (Å²) in [6, 6.07) is 13.1. The Morgan fingerprint density at radius 1 is 1.09 bits per heavy atom. The summed E-state index contributed by atoms with van der Waals surface area (Å²) in [6.45, 7) is 0.343. The fraction of sp³-hybridized carbons (Fsp3) is 0.269. The van der Waals surface area contributed by atoms with Gasteiger partial charge in [0.05, 0.1) is 31.7 Å². The number of rotatable bonds is 5. The monoisotopic (exact) mass is 475 g/mol. The molecule has 0 radical (unpaired) electrons. The van der Waals surface area contributed by atoms with E-state index in [0.717, 1.165) is 11.1 Å². The number of hydrogen-bond acceptors (Lipinski definition) is 6. The number of furan rings is 1. The van der Waals surface area contributed by atoms with Gasteiger partial charge in [0.1, 0.15) is 17.5 Å². The van der Waals surface area contributed by atoms with Gasteiger partial charge in [0.2, 0.25) is 5.91 Å². The minimum absolute atomic E-state index is 0.211. The van der Waals surface area contributed by atoms with Crippen LogP contribution in [0.25, 0.3) is 11.1 Å². The van der Waals surface area contributed by atoms with E-state index in [1.807, 2.05) is 18.2 Å². The maximum atomic E-state index is 13.6. The lowest BCUT2D eigenvalue weighted by Gasteiger charge is -2.37. The fourth-order valence-electron chi connectivity index (χ4n) is 4.66. The lowest BCUT2D eigenvalue weighted by atomic mass is 9.95. The first-order valence-electron chi connectivity index (χ1n) is 11.3. The van der Waals surface area contributed by atoms with Crippen LogP contribution < -0.4 is 20.1 Å². The molecule has 0 bridgehead atoms. The molecule has 3 heterocycles. The van der Waals surface area contributed by atoms with E-state index in [1.54, 1.807) is 49.5 Å². The Bertz CT molecular complexity index is 1290. The van der Waals surface area contributed by atoms with Crippen LogP contribution in [0.5, 0.6) is 11.5 Å². The molecule has 9 nitrogen and oxygen atoms in total. The molecule has 2 N–H and O–H groups in total. The Kier molecular flexibility index (Phi) is 5.90. The zero-order chi connectivity index (χ0) is 24.5. The van der Waals surface area contributed by atoms with Crippen molar-refractivity contribution in [2.45, 2.75) is 24.9 Å². The van der Waals surface area contributed by atoms with Gasteiger partial charge in [-0.25, -0.2) is 0 Å². The Labute approximate surface area is 202 Å². The normalized spacial score (nSPS) is 19.2. The molecular formula is C26H25N3O6. The molecule has 5 rings (SSSR count). The third kappa shape index (κ3) is 4.21. The third-order valence-electron chi connectivity index (χ3n) is 6.47. The molecule has 9 heteroatoms. The topological polar surface area (TPSA) is 110 Å². The number of piperidine rings is 1. The summed E-state index contributed by atoms with van der Waals surface area (Å²) >= 11 is 0. The van der Waals surface area contributed by atoms with Crippen LogP contribution in [0.4, 0.5) is 5.69 Å². The first-order chi connectivity index (χ1) is 17.0. The molecule has 0 saturated carbocycles. The molecular weight excluding hydrogens is 450 g/mol. The fourth-order valence-corrected chi connectivity index (χ4v) is 4.66. The SMILES string of the molecule is COc1ccc(-c2ccc3c(c2)C(=O)N2CCC(NC(=O)c4ccco4)CC2C(=O)N3)c(OC)c1. The summed E-state index contributed by atoms with van der Waals surface area (Å²) in [5.41, 5.74) is 2.45. The van der Waals surface area contributed by atoms with E-state index in [2.05, 4.69) is 10.6 Å². The Balaban J connectivity index is 1.40. The number of ether oxygens (including phenoxy) is 2. The van der Waals surface area contributed by atoms with Crippen molar-refractivity contribution < 1.29 is 28.3 Å². The number of carbonyl (C=O) groups is 3. The smallest absolute Gasteiger partial charge is 0.287 e. The van der Waals surface area contributed by atoms with Gasteiger partial charge in [0.15, 0.2) is 5.76 Å². The van der Waals surface area contributed by atoms with Crippen molar-refractivity contribution in [1.82, 2.24) is 10.2 Å². The van der Waals surface area contributed by atoms with Gasteiger partial charge in [0, 0.05) is 24.2 Å². The zero-order valence-corrected chi connectivity index (χ0v) is 19.4. The van der Waals surface area contributed by atoms with Crippen molar-refractivity contribution in [3.05, 3.63) is 66.1 Å². The van der Waals surface area contributed by atoms with E-state index in [1.165, 1.54) is 6.26 Å². The highest BCUT2D eigenvalue weighted by molar-refractivity contribution is 6.10. The number of fused-ring (bicyclic) bond motifs is 2. The maximum absolute atomic E-state index is 13.6. The molecule has 2 atom stereocenters. The summed E-state index contributed by atoms with van der Waals surface area (Å²) in [5, 5.41) is 5.80. The number of carbonyl (C=O) groups excluding carboxylic acids is 3. The average molecular weight is 476 g/mol. The lowest BCUT2D eigenvalue weighted by molar-refractivity contribution is -0.121. The van der Waals surface area contributed by atoms with Crippen LogP contribution in [0.2, 0.25) is 0 Å². The number of benzene rings is 2. The van der Waals surface area contributed by atoms with Crippen molar-refractivity contribution in [2.75, 3.05) is 26.1 Å². The van der Waals surface area contributed by atoms with Gasteiger partial charge in [-0.1, -0.05) is 6.07 Å². The molecule has 2 unspecified atom stereocenters. The highest BCUT2D eigenvalue weighted by Crippen LogP contribution is 2.37. The van der Waals surface area contributed by atoms with Crippen LogP contribution in [-0.2, 0) is 4.79 Å². The van der Waals surface area contributed by atoms with Crippen molar-refractivity contribution in [1.29, 1.82) is 0 Å². The number of hydrogen-bond donors (Lipinski definition) is 2. The number of methoxy groups -OCH3 is 2. The third-order valence-corrected chi connectivity index (χ3v) is 6.47. The minimum Gasteiger partial charge on any atom is -0.497 e. The van der Waals surface area contributed by atoms with E-state index in [-0.39, 0.29) is 29.5 Å². The quantitative estimate of drug-likeness (QED) is 0.586. The van der Waals surface area contributed by atoms with Crippen molar-refractivity contribution in [3.8, 4) is 22.6 Å². The molecule has 1 fully saturated rings. The highest BCUT2D eigenvalue weighted by atomic mass is 16.5. The summed E-state index contributed by atoms with van der Waals surface area (Å²) < 4.78 is 16.0. The second kappa shape index (κ2) is 9.17. The van der Waals surface area contributed by atoms with E-state index in [9.17, 15) is 14.4 Å². The zero-order valence-electron chi connectivity index (χ0n) is 19.4. The molecule has 2 aliphatic rings. The molecule has 1 aromatic heterocycles. The largest absolute Gasteiger partial charge is 0.497 e. The van der Waals surface area contributed by atoms with Crippen molar-refractivity contribution in [3.63, 3.8) is 0 Å². The van der Waals surface area contributed by atoms with Crippen LogP contribution in [0, 0.1) is 0 Å². The standard InChI is InChI=1S/C26H25N3O6/c1-33-17-6-7-18(23(14-17)34-2)15-5-8-20-19(12-15)26(32)29-10-9-16(13-21(29)24(30)28-20)27-25(31)22-4-3-11-35-22/h3-8,11-12,14,16,21H,9-10,13H2,1-2H3,(H,27,31)(H,28,30). The molecule has 1 saturated heterocycles. The second-order valence-electron chi connectivity index (χ2n) is 8.50.